The second-order valence-corrected chi connectivity index (χ2v) is 3.16. The highest BCUT2D eigenvalue weighted by Crippen LogP contribution is 2.28. The molecule has 86 valence electrons. The highest BCUT2D eigenvalue weighted by Gasteiger charge is 2.32. The summed E-state index contributed by atoms with van der Waals surface area (Å²) in [6.45, 7) is 0. The van der Waals surface area contributed by atoms with E-state index in [0.29, 0.717) is 6.20 Å². The number of hydrogen-bond donors (Lipinski definition) is 0. The molecular weight excluding hydrogens is 233 g/mol. The number of alkyl halides is 3. The molecule has 0 aliphatic heterocycles. The van der Waals surface area contributed by atoms with Gasteiger partial charge in [0.25, 0.3) is 0 Å². The number of aromatic nitrogens is 3. The third-order valence-corrected chi connectivity index (χ3v) is 1.99. The van der Waals surface area contributed by atoms with Gasteiger partial charge in [-0.05, 0) is 12.1 Å². The maximum absolute atomic E-state index is 12.3. The molecule has 2 heterocycles. The summed E-state index contributed by atoms with van der Waals surface area (Å²) in [4.78, 5) is 3.83. The van der Waals surface area contributed by atoms with Crippen molar-refractivity contribution >= 4 is 0 Å². The van der Waals surface area contributed by atoms with Gasteiger partial charge in [0.05, 0.1) is 11.8 Å². The molecule has 0 N–H and O–H groups in total. The van der Waals surface area contributed by atoms with Gasteiger partial charge in [-0.3, -0.25) is 0 Å². The summed E-state index contributed by atoms with van der Waals surface area (Å²) in [5.74, 6) is 0.166. The van der Waals surface area contributed by atoms with Crippen LogP contribution < -0.4 is 0 Å². The van der Waals surface area contributed by atoms with Crippen molar-refractivity contribution < 1.29 is 13.2 Å². The highest BCUT2D eigenvalue weighted by atomic mass is 19.4. The summed E-state index contributed by atoms with van der Waals surface area (Å²) in [7, 11) is 0. The molecule has 2 rings (SSSR count). The minimum absolute atomic E-state index is 0.117. The van der Waals surface area contributed by atoms with Crippen molar-refractivity contribution in [1.29, 1.82) is 5.26 Å². The normalized spacial score (nSPS) is 11.2. The van der Waals surface area contributed by atoms with Gasteiger partial charge in [0.15, 0.2) is 5.82 Å². The lowest BCUT2D eigenvalue weighted by molar-refractivity contribution is -0.137. The maximum atomic E-state index is 12.3. The number of rotatable bonds is 1. The smallest absolute Gasteiger partial charge is 0.222 e. The van der Waals surface area contributed by atoms with E-state index in [1.165, 1.54) is 18.2 Å². The third kappa shape index (κ3) is 2.25. The van der Waals surface area contributed by atoms with Crippen molar-refractivity contribution in [2.75, 3.05) is 0 Å². The lowest BCUT2D eigenvalue weighted by Crippen LogP contribution is -2.03. The van der Waals surface area contributed by atoms with Crippen molar-refractivity contribution in [3.05, 3.63) is 41.9 Å². The topological polar surface area (TPSA) is 54.5 Å². The first-order chi connectivity index (χ1) is 8.00. The van der Waals surface area contributed by atoms with Crippen molar-refractivity contribution in [3.63, 3.8) is 0 Å². The molecule has 0 atom stereocenters. The summed E-state index contributed by atoms with van der Waals surface area (Å²) in [5.41, 5.74) is -0.742. The first-order valence-corrected chi connectivity index (χ1v) is 4.50. The van der Waals surface area contributed by atoms with Crippen LogP contribution >= 0.6 is 0 Å². The Kier molecular flexibility index (Phi) is 2.55. The molecule has 0 aromatic carbocycles. The van der Waals surface area contributed by atoms with Gasteiger partial charge in [-0.2, -0.15) is 23.5 Å². The van der Waals surface area contributed by atoms with Gasteiger partial charge in [-0.25, -0.2) is 9.67 Å². The lowest BCUT2D eigenvalue weighted by Gasteiger charge is -2.01. The predicted molar refractivity (Wildman–Crippen MR) is 51.1 cm³/mol. The number of nitrogens with zero attached hydrogens (tertiary/aromatic N) is 4. The Bertz CT molecular complexity index is 580. The summed E-state index contributed by atoms with van der Waals surface area (Å²) in [6.07, 6.45) is -2.91. The van der Waals surface area contributed by atoms with E-state index in [2.05, 4.69) is 10.1 Å². The van der Waals surface area contributed by atoms with E-state index < -0.39 is 11.7 Å². The van der Waals surface area contributed by atoms with Crippen molar-refractivity contribution in [2.45, 2.75) is 6.18 Å². The molecular formula is C10H5F3N4. The van der Waals surface area contributed by atoms with Gasteiger partial charge in [-0.1, -0.05) is 6.07 Å². The average Bonchev–Trinajstić information content (AvgIpc) is 2.78. The van der Waals surface area contributed by atoms with Gasteiger partial charge in [-0.15, -0.1) is 0 Å². The Morgan fingerprint density at radius 2 is 2.06 bits per heavy atom. The van der Waals surface area contributed by atoms with E-state index in [1.807, 2.05) is 0 Å². The van der Waals surface area contributed by atoms with E-state index in [-0.39, 0.29) is 11.5 Å². The zero-order valence-electron chi connectivity index (χ0n) is 8.31. The fraction of sp³-hybridized carbons (Fsp3) is 0.100. The first-order valence-electron chi connectivity index (χ1n) is 4.50. The summed E-state index contributed by atoms with van der Waals surface area (Å²) >= 11 is 0. The third-order valence-electron chi connectivity index (χ3n) is 1.99. The lowest BCUT2D eigenvalue weighted by atomic mass is 10.3. The zero-order valence-corrected chi connectivity index (χ0v) is 8.31. The SMILES string of the molecule is N#Cc1cccc(-n2cc(C(F)(F)F)cn2)n1. The van der Waals surface area contributed by atoms with Crippen LogP contribution in [0.3, 0.4) is 0 Å². The second kappa shape index (κ2) is 3.90. The molecule has 0 fully saturated rings. The first kappa shape index (κ1) is 11.1. The fourth-order valence-electron chi connectivity index (χ4n) is 1.21. The number of halogens is 3. The molecule has 17 heavy (non-hydrogen) atoms. The number of pyridine rings is 1. The van der Waals surface area contributed by atoms with Gasteiger partial charge in [0, 0.05) is 6.20 Å². The molecule has 2 aromatic heterocycles. The molecule has 7 heteroatoms. The van der Waals surface area contributed by atoms with Crippen LogP contribution in [0.4, 0.5) is 13.2 Å². The molecule has 0 amide bonds. The molecule has 0 unspecified atom stereocenters. The quantitative estimate of drug-likeness (QED) is 0.764. The van der Waals surface area contributed by atoms with Crippen LogP contribution in [-0.2, 0) is 6.18 Å². The molecule has 0 spiro atoms. The number of hydrogen-bond acceptors (Lipinski definition) is 3. The van der Waals surface area contributed by atoms with Gasteiger partial charge < -0.3 is 0 Å². The van der Waals surface area contributed by atoms with Gasteiger partial charge in [0.2, 0.25) is 0 Å². The molecule has 0 aliphatic carbocycles. The van der Waals surface area contributed by atoms with E-state index in [9.17, 15) is 13.2 Å². The minimum Gasteiger partial charge on any atom is -0.222 e. The molecule has 0 radical (unpaired) electrons. The fourth-order valence-corrected chi connectivity index (χ4v) is 1.21. The molecule has 2 aromatic rings. The summed E-state index contributed by atoms with van der Waals surface area (Å²) < 4.78 is 38.0. The molecule has 4 nitrogen and oxygen atoms in total. The van der Waals surface area contributed by atoms with Crippen LogP contribution in [0.1, 0.15) is 11.3 Å². The van der Waals surface area contributed by atoms with Crippen LogP contribution in [0.2, 0.25) is 0 Å². The monoisotopic (exact) mass is 238 g/mol. The average molecular weight is 238 g/mol. The largest absolute Gasteiger partial charge is 0.419 e. The molecule has 0 saturated heterocycles. The number of nitriles is 1. The van der Waals surface area contributed by atoms with E-state index in [4.69, 9.17) is 5.26 Å². The van der Waals surface area contributed by atoms with Crippen LogP contribution in [0.15, 0.2) is 30.6 Å². The van der Waals surface area contributed by atoms with E-state index >= 15 is 0 Å². The van der Waals surface area contributed by atoms with Crippen LogP contribution in [0.5, 0.6) is 0 Å². The van der Waals surface area contributed by atoms with E-state index in [0.717, 1.165) is 10.9 Å². The second-order valence-electron chi connectivity index (χ2n) is 3.16. The Balaban J connectivity index is 2.41. The van der Waals surface area contributed by atoms with Crippen molar-refractivity contribution in [1.82, 2.24) is 14.8 Å². The Morgan fingerprint density at radius 1 is 1.29 bits per heavy atom. The summed E-state index contributed by atoms with van der Waals surface area (Å²) in [6, 6.07) is 6.25. The van der Waals surface area contributed by atoms with Gasteiger partial charge >= 0.3 is 6.18 Å². The van der Waals surface area contributed by atoms with Crippen LogP contribution in [-0.4, -0.2) is 14.8 Å². The Morgan fingerprint density at radius 3 is 2.65 bits per heavy atom. The summed E-state index contributed by atoms with van der Waals surface area (Å²) in [5, 5.41) is 12.2. The highest BCUT2D eigenvalue weighted by molar-refractivity contribution is 5.30. The van der Waals surface area contributed by atoms with Crippen LogP contribution in [0, 0.1) is 11.3 Å². The Labute approximate surface area is 93.9 Å². The van der Waals surface area contributed by atoms with Crippen molar-refractivity contribution in [3.8, 4) is 11.9 Å². The van der Waals surface area contributed by atoms with Gasteiger partial charge in [0.1, 0.15) is 11.8 Å². The van der Waals surface area contributed by atoms with Crippen LogP contribution in [0.25, 0.3) is 5.82 Å². The minimum atomic E-state index is -4.44. The molecule has 0 bridgehead atoms. The Hall–Kier alpha value is -2.36. The standard InChI is InChI=1S/C10H5F3N4/c11-10(12,13)7-5-15-17(6-7)9-3-1-2-8(4-14)16-9/h1-3,5-6H. The molecule has 0 aliphatic rings. The maximum Gasteiger partial charge on any atom is 0.419 e. The predicted octanol–water partition coefficient (Wildman–Crippen LogP) is 2.16. The van der Waals surface area contributed by atoms with E-state index in [1.54, 1.807) is 6.07 Å². The zero-order chi connectivity index (χ0) is 12.5. The van der Waals surface area contributed by atoms with Crippen molar-refractivity contribution in [2.24, 2.45) is 0 Å². The molecule has 0 saturated carbocycles.